The molecule has 1 saturated heterocycles. The van der Waals surface area contributed by atoms with Crippen molar-refractivity contribution in [2.75, 3.05) is 23.8 Å². The highest BCUT2D eigenvalue weighted by molar-refractivity contribution is 5.60. The summed E-state index contributed by atoms with van der Waals surface area (Å²) < 4.78 is 5.61. The van der Waals surface area contributed by atoms with Crippen LogP contribution in [0.4, 0.5) is 11.6 Å². The molecule has 21 heavy (non-hydrogen) atoms. The maximum Gasteiger partial charge on any atom is 0.277 e. The molecule has 1 aromatic heterocycles. The molecule has 112 valence electrons. The Morgan fingerprint density at radius 3 is 3.00 bits per heavy atom. The first-order chi connectivity index (χ1) is 10.0. The molecule has 3 heterocycles. The smallest absolute Gasteiger partial charge is 0.277 e. The van der Waals surface area contributed by atoms with E-state index in [0.717, 1.165) is 0 Å². The minimum Gasteiger partial charge on any atom is -0.394 e. The molecule has 9 nitrogen and oxygen atoms in total. The lowest BCUT2D eigenvalue weighted by Gasteiger charge is -2.18. The van der Waals surface area contributed by atoms with Crippen LogP contribution in [-0.4, -0.2) is 51.6 Å². The topological polar surface area (TPSA) is 148 Å². The van der Waals surface area contributed by atoms with E-state index in [1.807, 2.05) is 6.19 Å². The van der Waals surface area contributed by atoms with Gasteiger partial charge in [-0.1, -0.05) is 0 Å². The lowest BCUT2D eigenvalue weighted by atomic mass is 9.97. The Morgan fingerprint density at radius 1 is 1.62 bits per heavy atom. The van der Waals surface area contributed by atoms with Crippen LogP contribution in [0.5, 0.6) is 0 Å². The summed E-state index contributed by atoms with van der Waals surface area (Å²) in [5, 5.41) is 28.1. The molecule has 0 amide bonds. The van der Waals surface area contributed by atoms with Gasteiger partial charge in [0.05, 0.1) is 24.5 Å². The number of rotatable bonds is 2. The molecule has 4 atom stereocenters. The molecule has 5 N–H and O–H groups in total. The van der Waals surface area contributed by atoms with Gasteiger partial charge in [-0.25, -0.2) is 4.98 Å². The standard InChI is InChI=1S/C12H15N5O4/c13-4-17-2-5(7-1-6(19)8(3-18)21-7)9-10(17)11(20)16-12(14)15-9/h5-8,18-19H,1-3H2,(H3,14,15,16,20)/t5?,6-,7+,8+/m0/s1. The van der Waals surface area contributed by atoms with E-state index in [1.165, 1.54) is 4.90 Å². The SMILES string of the molecule is N#CN1CC([C@H]2C[C@H](O)[C@@H](CO)O2)c2nc(N)[nH]c(=O)c21. The molecule has 0 radical (unpaired) electrons. The third-order valence-electron chi connectivity index (χ3n) is 3.94. The van der Waals surface area contributed by atoms with Crippen LogP contribution in [0, 0.1) is 11.5 Å². The molecule has 0 aliphatic carbocycles. The summed E-state index contributed by atoms with van der Waals surface area (Å²) >= 11 is 0. The molecule has 2 aliphatic heterocycles. The number of aliphatic hydroxyl groups is 2. The zero-order valence-corrected chi connectivity index (χ0v) is 11.1. The second kappa shape index (κ2) is 5.00. The molecule has 0 spiro atoms. The largest absolute Gasteiger partial charge is 0.394 e. The van der Waals surface area contributed by atoms with Crippen LogP contribution < -0.4 is 16.2 Å². The minimum absolute atomic E-state index is 0.0270. The molecular weight excluding hydrogens is 278 g/mol. The van der Waals surface area contributed by atoms with Crippen molar-refractivity contribution in [3.8, 4) is 6.19 Å². The molecule has 2 aliphatic rings. The molecule has 1 fully saturated rings. The van der Waals surface area contributed by atoms with Gasteiger partial charge in [0.2, 0.25) is 5.95 Å². The molecule has 1 aromatic rings. The van der Waals surface area contributed by atoms with Crippen LogP contribution >= 0.6 is 0 Å². The maximum atomic E-state index is 11.9. The number of fused-ring (bicyclic) bond motifs is 1. The summed E-state index contributed by atoms with van der Waals surface area (Å²) in [7, 11) is 0. The number of hydrogen-bond acceptors (Lipinski definition) is 8. The number of aromatic nitrogens is 2. The fourth-order valence-electron chi connectivity index (χ4n) is 2.97. The summed E-state index contributed by atoms with van der Waals surface area (Å²) in [6.45, 7) is -0.0505. The predicted octanol–water partition coefficient (Wildman–Crippen LogP) is -1.75. The summed E-state index contributed by atoms with van der Waals surface area (Å²) in [6, 6.07) is 0. The molecule has 3 rings (SSSR count). The van der Waals surface area contributed by atoms with Gasteiger partial charge in [-0.3, -0.25) is 14.7 Å². The van der Waals surface area contributed by atoms with Crippen LogP contribution in [-0.2, 0) is 4.74 Å². The van der Waals surface area contributed by atoms with Gasteiger partial charge < -0.3 is 20.7 Å². The number of H-pyrrole nitrogens is 1. The summed E-state index contributed by atoms with van der Waals surface area (Å²) in [5.41, 5.74) is 5.65. The van der Waals surface area contributed by atoms with Crippen molar-refractivity contribution in [2.45, 2.75) is 30.7 Å². The first kappa shape index (κ1) is 13.8. The first-order valence-corrected chi connectivity index (χ1v) is 6.56. The van der Waals surface area contributed by atoms with Gasteiger partial charge in [-0.05, 0) is 0 Å². The monoisotopic (exact) mass is 293 g/mol. The third kappa shape index (κ3) is 2.13. The highest BCUT2D eigenvalue weighted by atomic mass is 16.5. The normalized spacial score (nSPS) is 31.2. The Labute approximate surface area is 119 Å². The van der Waals surface area contributed by atoms with Gasteiger partial charge in [0, 0.05) is 18.9 Å². The van der Waals surface area contributed by atoms with Crippen molar-refractivity contribution in [3.05, 3.63) is 16.0 Å². The average molecular weight is 293 g/mol. The fraction of sp³-hybridized carbons (Fsp3) is 0.583. The minimum atomic E-state index is -0.779. The Hall–Kier alpha value is -2.15. The van der Waals surface area contributed by atoms with E-state index in [-0.39, 0.29) is 30.7 Å². The van der Waals surface area contributed by atoms with Gasteiger partial charge in [0.25, 0.3) is 5.56 Å². The van der Waals surface area contributed by atoms with Crippen LogP contribution in [0.1, 0.15) is 18.0 Å². The number of nitriles is 1. The zero-order chi connectivity index (χ0) is 15.1. The maximum absolute atomic E-state index is 11.9. The molecule has 0 aromatic carbocycles. The fourth-order valence-corrected chi connectivity index (χ4v) is 2.97. The number of nitrogens with two attached hydrogens (primary N) is 1. The van der Waals surface area contributed by atoms with Crippen molar-refractivity contribution in [2.24, 2.45) is 0 Å². The Balaban J connectivity index is 1.98. The van der Waals surface area contributed by atoms with Crippen molar-refractivity contribution in [3.63, 3.8) is 0 Å². The highest BCUT2D eigenvalue weighted by Crippen LogP contribution is 2.39. The van der Waals surface area contributed by atoms with E-state index in [4.69, 9.17) is 20.8 Å². The van der Waals surface area contributed by atoms with Crippen molar-refractivity contribution in [1.82, 2.24) is 9.97 Å². The number of ether oxygens (including phenoxy) is 1. The van der Waals surface area contributed by atoms with Crippen LogP contribution in [0.3, 0.4) is 0 Å². The molecule has 0 saturated carbocycles. The van der Waals surface area contributed by atoms with Crippen LogP contribution in [0.2, 0.25) is 0 Å². The molecular formula is C12H15N5O4. The molecule has 1 unspecified atom stereocenters. The second-order valence-electron chi connectivity index (χ2n) is 5.20. The molecule has 9 heteroatoms. The summed E-state index contributed by atoms with van der Waals surface area (Å²) in [5.74, 6) is -0.378. The van der Waals surface area contributed by atoms with Gasteiger partial charge >= 0.3 is 0 Å². The number of nitrogen functional groups attached to an aromatic ring is 1. The van der Waals surface area contributed by atoms with Crippen LogP contribution in [0.15, 0.2) is 4.79 Å². The lowest BCUT2D eigenvalue weighted by molar-refractivity contribution is -0.0276. The Kier molecular flexibility index (Phi) is 3.29. The van der Waals surface area contributed by atoms with Crippen molar-refractivity contribution in [1.29, 1.82) is 5.26 Å². The summed E-state index contributed by atoms with van der Waals surface area (Å²) in [6.07, 6.45) is 0.379. The highest BCUT2D eigenvalue weighted by Gasteiger charge is 2.44. The van der Waals surface area contributed by atoms with Gasteiger partial charge in [-0.15, -0.1) is 0 Å². The quantitative estimate of drug-likeness (QED) is 0.469. The number of aromatic amines is 1. The van der Waals surface area contributed by atoms with E-state index in [1.54, 1.807) is 0 Å². The van der Waals surface area contributed by atoms with Gasteiger partial charge in [-0.2, -0.15) is 5.26 Å². The van der Waals surface area contributed by atoms with E-state index in [0.29, 0.717) is 12.1 Å². The third-order valence-corrected chi connectivity index (χ3v) is 3.94. The van der Waals surface area contributed by atoms with Gasteiger partial charge in [0.15, 0.2) is 6.19 Å². The number of aliphatic hydroxyl groups excluding tert-OH is 2. The predicted molar refractivity (Wildman–Crippen MR) is 71.3 cm³/mol. The van der Waals surface area contributed by atoms with Crippen LogP contribution in [0.25, 0.3) is 0 Å². The van der Waals surface area contributed by atoms with E-state index < -0.39 is 23.9 Å². The van der Waals surface area contributed by atoms with Crippen molar-refractivity contribution >= 4 is 11.6 Å². The number of anilines is 2. The first-order valence-electron chi connectivity index (χ1n) is 6.56. The second-order valence-corrected chi connectivity index (χ2v) is 5.20. The van der Waals surface area contributed by atoms with Crippen molar-refractivity contribution < 1.29 is 14.9 Å². The Bertz CT molecular complexity index is 654. The zero-order valence-electron chi connectivity index (χ0n) is 11.1. The average Bonchev–Trinajstić information content (AvgIpc) is 2.98. The lowest BCUT2D eigenvalue weighted by Crippen LogP contribution is -2.26. The van der Waals surface area contributed by atoms with Gasteiger partial charge in [0.1, 0.15) is 11.8 Å². The molecule has 0 bridgehead atoms. The van der Waals surface area contributed by atoms with E-state index >= 15 is 0 Å². The Morgan fingerprint density at radius 2 is 2.38 bits per heavy atom. The van der Waals surface area contributed by atoms with E-state index in [9.17, 15) is 9.90 Å². The summed E-state index contributed by atoms with van der Waals surface area (Å²) in [4.78, 5) is 19.7. The number of nitrogens with one attached hydrogen (secondary N) is 1. The van der Waals surface area contributed by atoms with E-state index in [2.05, 4.69) is 9.97 Å². The number of nitrogens with zero attached hydrogens (tertiary/aromatic N) is 3. The number of hydrogen-bond donors (Lipinski definition) is 4.